The van der Waals surface area contributed by atoms with E-state index in [-0.39, 0.29) is 0 Å². The molecule has 4 aromatic rings. The van der Waals surface area contributed by atoms with Gasteiger partial charge in [0, 0.05) is 36.4 Å². The maximum atomic E-state index is 4.94. The molecule has 0 bridgehead atoms. The SMILES string of the molecule is c1cncc(-c2cc3c(-c4cccc(N5CCCCCC5)n4)n[nH]c3cn2)c1. The number of aromatic nitrogens is 5. The van der Waals surface area contributed by atoms with Crippen LogP contribution in [-0.4, -0.2) is 38.2 Å². The number of pyridine rings is 3. The van der Waals surface area contributed by atoms with Gasteiger partial charge in [-0.25, -0.2) is 4.98 Å². The van der Waals surface area contributed by atoms with Crippen LogP contribution in [0.2, 0.25) is 0 Å². The number of aromatic amines is 1. The maximum Gasteiger partial charge on any atom is 0.129 e. The molecule has 0 atom stereocenters. The van der Waals surface area contributed by atoms with Gasteiger partial charge >= 0.3 is 0 Å². The Morgan fingerprint density at radius 3 is 2.61 bits per heavy atom. The molecule has 1 N–H and O–H groups in total. The Bertz CT molecular complexity index is 1080. The molecule has 5 heterocycles. The van der Waals surface area contributed by atoms with Crippen molar-refractivity contribution in [2.75, 3.05) is 18.0 Å². The van der Waals surface area contributed by atoms with E-state index >= 15 is 0 Å². The second-order valence-corrected chi connectivity index (χ2v) is 7.21. The molecule has 0 amide bonds. The highest BCUT2D eigenvalue weighted by atomic mass is 15.2. The molecule has 1 fully saturated rings. The summed E-state index contributed by atoms with van der Waals surface area (Å²) < 4.78 is 0. The van der Waals surface area contributed by atoms with Gasteiger partial charge in [-0.3, -0.25) is 15.1 Å². The molecule has 140 valence electrons. The van der Waals surface area contributed by atoms with Gasteiger partial charge in [0.15, 0.2) is 0 Å². The molecule has 0 saturated carbocycles. The Morgan fingerprint density at radius 1 is 0.893 bits per heavy atom. The molecule has 0 aliphatic carbocycles. The zero-order valence-corrected chi connectivity index (χ0v) is 15.7. The average molecular weight is 370 g/mol. The lowest BCUT2D eigenvalue weighted by molar-refractivity contribution is 0.726. The number of hydrogen-bond acceptors (Lipinski definition) is 5. The van der Waals surface area contributed by atoms with E-state index in [1.54, 1.807) is 6.20 Å². The summed E-state index contributed by atoms with van der Waals surface area (Å²) in [5.74, 6) is 1.04. The van der Waals surface area contributed by atoms with Crippen LogP contribution in [0.25, 0.3) is 33.5 Å². The van der Waals surface area contributed by atoms with E-state index in [2.05, 4.69) is 43.3 Å². The Balaban J connectivity index is 1.55. The number of anilines is 1. The van der Waals surface area contributed by atoms with Crippen molar-refractivity contribution in [3.8, 4) is 22.6 Å². The molecular formula is C22H22N6. The Labute approximate surface area is 163 Å². The number of fused-ring (bicyclic) bond motifs is 1. The van der Waals surface area contributed by atoms with Crippen molar-refractivity contribution in [2.24, 2.45) is 0 Å². The molecule has 5 rings (SSSR count). The van der Waals surface area contributed by atoms with Gasteiger partial charge in [0.1, 0.15) is 11.5 Å². The van der Waals surface area contributed by atoms with Gasteiger partial charge in [-0.15, -0.1) is 0 Å². The highest BCUT2D eigenvalue weighted by Crippen LogP contribution is 2.29. The lowest BCUT2D eigenvalue weighted by atomic mass is 10.1. The standard InChI is InChI=1S/C22H22N6/c1-2-4-12-28(11-3-1)21-9-5-8-18(25-21)22-17-13-19(16-7-6-10-23-14-16)24-15-20(17)26-27-22/h5-10,13-15H,1-4,11-12H2,(H,26,27). The van der Waals surface area contributed by atoms with Crippen LogP contribution >= 0.6 is 0 Å². The van der Waals surface area contributed by atoms with Gasteiger partial charge in [0.05, 0.1) is 23.1 Å². The van der Waals surface area contributed by atoms with E-state index < -0.39 is 0 Å². The highest BCUT2D eigenvalue weighted by Gasteiger charge is 2.15. The van der Waals surface area contributed by atoms with Crippen LogP contribution < -0.4 is 4.90 Å². The number of hydrogen-bond donors (Lipinski definition) is 1. The van der Waals surface area contributed by atoms with Crippen molar-refractivity contribution in [1.82, 2.24) is 25.1 Å². The lowest BCUT2D eigenvalue weighted by Crippen LogP contribution is -2.24. The van der Waals surface area contributed by atoms with Gasteiger partial charge in [-0.1, -0.05) is 18.9 Å². The van der Waals surface area contributed by atoms with Crippen LogP contribution in [0.5, 0.6) is 0 Å². The minimum Gasteiger partial charge on any atom is -0.357 e. The average Bonchev–Trinajstić information content (AvgIpc) is 2.99. The van der Waals surface area contributed by atoms with Crippen LogP contribution in [0.15, 0.2) is 55.0 Å². The Kier molecular flexibility index (Phi) is 4.45. The Morgan fingerprint density at radius 2 is 1.79 bits per heavy atom. The zero-order valence-electron chi connectivity index (χ0n) is 15.7. The van der Waals surface area contributed by atoms with Crippen LogP contribution in [-0.2, 0) is 0 Å². The lowest BCUT2D eigenvalue weighted by Gasteiger charge is -2.21. The number of nitrogens with zero attached hydrogens (tertiary/aromatic N) is 5. The molecule has 1 aliphatic rings. The minimum atomic E-state index is 0.860. The molecule has 0 spiro atoms. The minimum absolute atomic E-state index is 0.860. The van der Waals surface area contributed by atoms with Crippen molar-refractivity contribution in [3.05, 3.63) is 55.0 Å². The van der Waals surface area contributed by atoms with Crippen molar-refractivity contribution in [1.29, 1.82) is 0 Å². The van der Waals surface area contributed by atoms with E-state index in [4.69, 9.17) is 4.98 Å². The van der Waals surface area contributed by atoms with Crippen molar-refractivity contribution in [2.45, 2.75) is 25.7 Å². The first kappa shape index (κ1) is 16.9. The smallest absolute Gasteiger partial charge is 0.129 e. The third-order valence-corrected chi connectivity index (χ3v) is 5.31. The third kappa shape index (κ3) is 3.22. The highest BCUT2D eigenvalue weighted by molar-refractivity contribution is 5.93. The number of nitrogens with one attached hydrogen (secondary N) is 1. The van der Waals surface area contributed by atoms with Gasteiger partial charge in [-0.05, 0) is 43.2 Å². The summed E-state index contributed by atoms with van der Waals surface area (Å²) in [5.41, 5.74) is 4.52. The van der Waals surface area contributed by atoms with E-state index in [1.165, 1.54) is 25.7 Å². The zero-order chi connectivity index (χ0) is 18.8. The normalized spacial score (nSPS) is 14.9. The molecule has 0 aromatic carbocycles. The summed E-state index contributed by atoms with van der Waals surface area (Å²) in [4.78, 5) is 16.1. The predicted octanol–water partition coefficient (Wildman–Crippen LogP) is 4.46. The first-order valence-electron chi connectivity index (χ1n) is 9.85. The summed E-state index contributed by atoms with van der Waals surface area (Å²) in [5, 5.41) is 8.66. The van der Waals surface area contributed by atoms with Crippen LogP contribution in [0.3, 0.4) is 0 Å². The van der Waals surface area contributed by atoms with Gasteiger partial charge in [-0.2, -0.15) is 5.10 Å². The van der Waals surface area contributed by atoms with Crippen molar-refractivity contribution in [3.63, 3.8) is 0 Å². The molecule has 0 radical (unpaired) electrons. The second kappa shape index (κ2) is 7.38. The molecular weight excluding hydrogens is 348 g/mol. The van der Waals surface area contributed by atoms with Crippen molar-refractivity contribution >= 4 is 16.7 Å². The van der Waals surface area contributed by atoms with Gasteiger partial charge < -0.3 is 4.90 Å². The largest absolute Gasteiger partial charge is 0.357 e. The molecule has 6 nitrogen and oxygen atoms in total. The number of rotatable bonds is 3. The van der Waals surface area contributed by atoms with E-state index in [0.29, 0.717) is 0 Å². The fourth-order valence-electron chi connectivity index (χ4n) is 3.82. The molecule has 4 aromatic heterocycles. The first-order valence-corrected chi connectivity index (χ1v) is 9.85. The van der Waals surface area contributed by atoms with E-state index in [1.807, 2.05) is 30.6 Å². The van der Waals surface area contributed by atoms with E-state index in [9.17, 15) is 0 Å². The molecule has 6 heteroatoms. The predicted molar refractivity (Wildman–Crippen MR) is 111 cm³/mol. The summed E-state index contributed by atoms with van der Waals surface area (Å²) >= 11 is 0. The summed E-state index contributed by atoms with van der Waals surface area (Å²) in [6, 6.07) is 12.2. The molecule has 0 unspecified atom stereocenters. The summed E-state index contributed by atoms with van der Waals surface area (Å²) in [6.45, 7) is 2.15. The number of H-pyrrole nitrogens is 1. The summed E-state index contributed by atoms with van der Waals surface area (Å²) in [6.07, 6.45) is 10.5. The maximum absolute atomic E-state index is 4.94. The first-order chi connectivity index (χ1) is 13.9. The van der Waals surface area contributed by atoms with E-state index in [0.717, 1.165) is 52.5 Å². The second-order valence-electron chi connectivity index (χ2n) is 7.21. The van der Waals surface area contributed by atoms with Gasteiger partial charge in [0.25, 0.3) is 0 Å². The third-order valence-electron chi connectivity index (χ3n) is 5.31. The molecule has 28 heavy (non-hydrogen) atoms. The van der Waals surface area contributed by atoms with Gasteiger partial charge in [0.2, 0.25) is 0 Å². The topological polar surface area (TPSA) is 70.6 Å². The van der Waals surface area contributed by atoms with Crippen molar-refractivity contribution < 1.29 is 0 Å². The quantitative estimate of drug-likeness (QED) is 0.576. The van der Waals surface area contributed by atoms with Crippen LogP contribution in [0.1, 0.15) is 25.7 Å². The van der Waals surface area contributed by atoms with Crippen LogP contribution in [0, 0.1) is 0 Å². The monoisotopic (exact) mass is 370 g/mol. The Hall–Kier alpha value is -3.28. The van der Waals surface area contributed by atoms with Crippen LogP contribution in [0.4, 0.5) is 5.82 Å². The summed E-state index contributed by atoms with van der Waals surface area (Å²) in [7, 11) is 0. The molecule has 1 aliphatic heterocycles. The fraction of sp³-hybridized carbons (Fsp3) is 0.273. The fourth-order valence-corrected chi connectivity index (χ4v) is 3.82. The molecule has 1 saturated heterocycles.